The van der Waals surface area contributed by atoms with Gasteiger partial charge in [0.1, 0.15) is 0 Å². The van der Waals surface area contributed by atoms with E-state index in [1.165, 1.54) is 18.3 Å². The summed E-state index contributed by atoms with van der Waals surface area (Å²) in [6.07, 6.45) is 9.75. The molecule has 0 amide bonds. The van der Waals surface area contributed by atoms with Crippen molar-refractivity contribution in [2.24, 2.45) is 35.5 Å². The fraction of sp³-hybridized carbons (Fsp3) is 0.818. The van der Waals surface area contributed by atoms with Gasteiger partial charge >= 0.3 is 0 Å². The van der Waals surface area contributed by atoms with E-state index in [0.29, 0.717) is 0 Å². The average Bonchev–Trinajstić information content (AvgIpc) is 2.53. The molecule has 0 aromatic heterocycles. The Morgan fingerprint density at radius 2 is 1.64 bits per heavy atom. The highest BCUT2D eigenvalue weighted by molar-refractivity contribution is 5.20. The maximum absolute atomic E-state index is 2.52. The Hall–Kier alpha value is -0.260. The molecule has 0 nitrogen and oxygen atoms in total. The zero-order chi connectivity index (χ0) is 7.00. The Bertz CT molecular complexity index is 240. The number of allylic oxidation sites excluding steroid dienone is 2. The molecule has 11 heavy (non-hydrogen) atoms. The monoisotopic (exact) mass is 146 g/mol. The molecule has 4 rings (SSSR count). The summed E-state index contributed by atoms with van der Waals surface area (Å²) in [5.74, 6) is 6.75. The number of hydrogen-bond donors (Lipinski definition) is 0. The normalized spacial score (nSPS) is 68.4. The number of hydrogen-bond acceptors (Lipinski definition) is 0. The summed E-state index contributed by atoms with van der Waals surface area (Å²) in [7, 11) is 0. The van der Waals surface area contributed by atoms with E-state index in [9.17, 15) is 0 Å². The van der Waals surface area contributed by atoms with E-state index in [1.54, 1.807) is 12.8 Å². The molecular formula is C11H14. The van der Waals surface area contributed by atoms with Gasteiger partial charge in [0.25, 0.3) is 0 Å². The van der Waals surface area contributed by atoms with Crippen LogP contribution >= 0.6 is 0 Å². The van der Waals surface area contributed by atoms with Crippen LogP contribution in [0.1, 0.15) is 19.3 Å². The molecule has 0 spiro atoms. The molecule has 4 aliphatic rings. The maximum atomic E-state index is 2.52. The van der Waals surface area contributed by atoms with Gasteiger partial charge in [-0.25, -0.2) is 0 Å². The summed E-state index contributed by atoms with van der Waals surface area (Å²) in [6.45, 7) is 0. The van der Waals surface area contributed by atoms with Crippen LogP contribution in [0.3, 0.4) is 0 Å². The van der Waals surface area contributed by atoms with Crippen molar-refractivity contribution in [1.29, 1.82) is 0 Å². The third-order valence-corrected chi connectivity index (χ3v) is 4.74. The second kappa shape index (κ2) is 1.44. The first-order chi connectivity index (χ1) is 5.43. The fourth-order valence-corrected chi connectivity index (χ4v) is 4.29. The molecule has 0 radical (unpaired) electrons. The Morgan fingerprint density at radius 1 is 0.818 bits per heavy atom. The molecule has 4 aliphatic carbocycles. The van der Waals surface area contributed by atoms with Crippen molar-refractivity contribution in [2.45, 2.75) is 19.3 Å². The standard InChI is InChI=1S/C11H14/c1-2-7-3-6(1)9-4-8-5-10(8)11(7)9/h1-2,6-11H,3-5H2/t6-,7+,8-,9?,10+,11?/m1/s1. The van der Waals surface area contributed by atoms with Gasteiger partial charge < -0.3 is 0 Å². The van der Waals surface area contributed by atoms with E-state index in [0.717, 1.165) is 23.7 Å². The van der Waals surface area contributed by atoms with Crippen molar-refractivity contribution >= 4 is 0 Å². The molecule has 0 aliphatic heterocycles. The lowest BCUT2D eigenvalue weighted by molar-refractivity contribution is 0.315. The number of rotatable bonds is 0. The van der Waals surface area contributed by atoms with Crippen molar-refractivity contribution in [3.05, 3.63) is 12.2 Å². The van der Waals surface area contributed by atoms with Crippen LogP contribution < -0.4 is 0 Å². The topological polar surface area (TPSA) is 0 Å². The first kappa shape index (κ1) is 5.40. The van der Waals surface area contributed by atoms with E-state index >= 15 is 0 Å². The molecule has 0 N–H and O–H groups in total. The molecule has 0 aromatic rings. The Morgan fingerprint density at radius 3 is 2.55 bits per heavy atom. The van der Waals surface area contributed by atoms with E-state index in [4.69, 9.17) is 0 Å². The SMILES string of the molecule is C1=C[C@H]2C[C@@H]1C1C[C@@H]3C[C@@H]3C12. The van der Waals surface area contributed by atoms with E-state index < -0.39 is 0 Å². The van der Waals surface area contributed by atoms with Gasteiger partial charge in [-0.3, -0.25) is 0 Å². The third kappa shape index (κ3) is 0.483. The van der Waals surface area contributed by atoms with Gasteiger partial charge in [-0.15, -0.1) is 0 Å². The van der Waals surface area contributed by atoms with Gasteiger partial charge in [0.15, 0.2) is 0 Å². The van der Waals surface area contributed by atoms with Gasteiger partial charge in [0, 0.05) is 0 Å². The molecule has 0 aromatic carbocycles. The number of fused-ring (bicyclic) bond motifs is 7. The van der Waals surface area contributed by atoms with Crippen LogP contribution in [0.15, 0.2) is 12.2 Å². The second-order valence-electron chi connectivity index (χ2n) is 5.08. The van der Waals surface area contributed by atoms with Crippen LogP contribution in [0.4, 0.5) is 0 Å². The quantitative estimate of drug-likeness (QED) is 0.460. The lowest BCUT2D eigenvalue weighted by atomic mass is 9.82. The maximum Gasteiger partial charge on any atom is -0.0194 e. The van der Waals surface area contributed by atoms with Crippen molar-refractivity contribution in [2.75, 3.05) is 0 Å². The highest BCUT2D eigenvalue weighted by Gasteiger charge is 2.60. The van der Waals surface area contributed by atoms with Gasteiger partial charge in [-0.1, -0.05) is 12.2 Å². The molecular weight excluding hydrogens is 132 g/mol. The molecule has 6 atom stereocenters. The van der Waals surface area contributed by atoms with Crippen LogP contribution in [-0.4, -0.2) is 0 Å². The predicted molar refractivity (Wildman–Crippen MR) is 43.9 cm³/mol. The van der Waals surface area contributed by atoms with Crippen LogP contribution in [0.2, 0.25) is 0 Å². The summed E-state index contributed by atoms with van der Waals surface area (Å²) in [4.78, 5) is 0. The molecule has 0 saturated heterocycles. The van der Waals surface area contributed by atoms with Crippen LogP contribution in [-0.2, 0) is 0 Å². The van der Waals surface area contributed by atoms with Crippen LogP contribution in [0.25, 0.3) is 0 Å². The molecule has 0 heteroatoms. The van der Waals surface area contributed by atoms with Gasteiger partial charge in [-0.2, -0.15) is 0 Å². The highest BCUT2D eigenvalue weighted by atomic mass is 14.7. The lowest BCUT2D eigenvalue weighted by Crippen LogP contribution is -2.16. The Labute approximate surface area is 67.7 Å². The van der Waals surface area contributed by atoms with E-state index in [-0.39, 0.29) is 0 Å². The first-order valence-corrected chi connectivity index (χ1v) is 5.12. The minimum Gasteiger partial charge on any atom is -0.0848 e. The van der Waals surface area contributed by atoms with E-state index in [1.807, 2.05) is 0 Å². The van der Waals surface area contributed by atoms with Crippen molar-refractivity contribution in [3.63, 3.8) is 0 Å². The summed E-state index contributed by atoms with van der Waals surface area (Å²) < 4.78 is 0. The van der Waals surface area contributed by atoms with Crippen LogP contribution in [0.5, 0.6) is 0 Å². The zero-order valence-corrected chi connectivity index (χ0v) is 6.74. The van der Waals surface area contributed by atoms with Crippen molar-refractivity contribution < 1.29 is 0 Å². The predicted octanol–water partition coefficient (Wildman–Crippen LogP) is 2.46. The smallest absolute Gasteiger partial charge is 0.0194 e. The van der Waals surface area contributed by atoms with Gasteiger partial charge in [0.2, 0.25) is 0 Å². The Kier molecular flexibility index (Phi) is 0.706. The summed E-state index contributed by atoms with van der Waals surface area (Å²) >= 11 is 0. The average molecular weight is 146 g/mol. The molecule has 2 bridgehead atoms. The molecule has 3 fully saturated rings. The summed E-state index contributed by atoms with van der Waals surface area (Å²) in [5.41, 5.74) is 0. The molecule has 3 saturated carbocycles. The van der Waals surface area contributed by atoms with Crippen molar-refractivity contribution in [3.8, 4) is 0 Å². The summed E-state index contributed by atoms with van der Waals surface area (Å²) in [5, 5.41) is 0. The fourth-order valence-electron chi connectivity index (χ4n) is 4.29. The Balaban J connectivity index is 1.81. The largest absolute Gasteiger partial charge is 0.0848 e. The second-order valence-corrected chi connectivity index (χ2v) is 5.08. The molecule has 2 unspecified atom stereocenters. The molecule has 0 heterocycles. The molecule has 58 valence electrons. The van der Waals surface area contributed by atoms with Gasteiger partial charge in [-0.05, 0) is 54.8 Å². The van der Waals surface area contributed by atoms with Crippen molar-refractivity contribution in [1.82, 2.24) is 0 Å². The minimum absolute atomic E-state index is 1.03. The zero-order valence-electron chi connectivity index (χ0n) is 6.74. The highest BCUT2D eigenvalue weighted by Crippen LogP contribution is 2.68. The minimum atomic E-state index is 1.03. The third-order valence-electron chi connectivity index (χ3n) is 4.74. The van der Waals surface area contributed by atoms with Crippen LogP contribution in [0, 0.1) is 35.5 Å². The lowest BCUT2D eigenvalue weighted by Gasteiger charge is -2.22. The van der Waals surface area contributed by atoms with Gasteiger partial charge in [0.05, 0.1) is 0 Å². The first-order valence-electron chi connectivity index (χ1n) is 5.12. The summed E-state index contributed by atoms with van der Waals surface area (Å²) in [6, 6.07) is 0. The van der Waals surface area contributed by atoms with E-state index in [2.05, 4.69) is 12.2 Å².